The molecule has 2 aromatic heterocycles. The SMILES string of the molecule is CCc1cnc([C@@H](C)Nc2ccc([N+](=O)[O-])cn2)s1. The topological polar surface area (TPSA) is 81.0 Å². The molecule has 2 rings (SSSR count). The highest BCUT2D eigenvalue weighted by Gasteiger charge is 2.11. The summed E-state index contributed by atoms with van der Waals surface area (Å²) in [6.07, 6.45) is 4.09. The molecule has 0 aliphatic heterocycles. The van der Waals surface area contributed by atoms with E-state index in [0.29, 0.717) is 5.82 Å². The van der Waals surface area contributed by atoms with Crippen molar-refractivity contribution in [3.63, 3.8) is 0 Å². The highest BCUT2D eigenvalue weighted by molar-refractivity contribution is 7.11. The molecule has 0 aliphatic rings. The third-order valence-electron chi connectivity index (χ3n) is 2.61. The highest BCUT2D eigenvalue weighted by Crippen LogP contribution is 2.23. The molecule has 100 valence electrons. The number of hydrogen-bond donors (Lipinski definition) is 1. The van der Waals surface area contributed by atoms with Crippen molar-refractivity contribution in [2.75, 3.05) is 5.32 Å². The summed E-state index contributed by atoms with van der Waals surface area (Å²) in [6, 6.07) is 3.06. The van der Waals surface area contributed by atoms with Gasteiger partial charge in [0.2, 0.25) is 0 Å². The van der Waals surface area contributed by atoms with Gasteiger partial charge in [0.05, 0.1) is 11.0 Å². The summed E-state index contributed by atoms with van der Waals surface area (Å²) in [6.45, 7) is 4.08. The monoisotopic (exact) mass is 278 g/mol. The van der Waals surface area contributed by atoms with Crippen molar-refractivity contribution in [2.24, 2.45) is 0 Å². The minimum Gasteiger partial charge on any atom is -0.361 e. The summed E-state index contributed by atoms with van der Waals surface area (Å²) in [5.74, 6) is 0.603. The van der Waals surface area contributed by atoms with Crippen molar-refractivity contribution in [1.29, 1.82) is 0 Å². The summed E-state index contributed by atoms with van der Waals surface area (Å²) in [4.78, 5) is 19.7. The second-order valence-electron chi connectivity index (χ2n) is 4.04. The van der Waals surface area contributed by atoms with E-state index in [1.165, 1.54) is 17.1 Å². The zero-order chi connectivity index (χ0) is 13.8. The van der Waals surface area contributed by atoms with E-state index in [2.05, 4.69) is 22.2 Å². The van der Waals surface area contributed by atoms with Crippen molar-refractivity contribution in [3.8, 4) is 0 Å². The van der Waals surface area contributed by atoms with Crippen LogP contribution in [0.25, 0.3) is 0 Å². The molecule has 1 N–H and O–H groups in total. The number of pyridine rings is 1. The average molecular weight is 278 g/mol. The third-order valence-corrected chi connectivity index (χ3v) is 3.94. The fraction of sp³-hybridized carbons (Fsp3) is 0.333. The molecule has 0 saturated carbocycles. The van der Waals surface area contributed by atoms with Gasteiger partial charge in [0.15, 0.2) is 0 Å². The molecule has 7 heteroatoms. The third kappa shape index (κ3) is 3.25. The van der Waals surface area contributed by atoms with Gasteiger partial charge in [-0.2, -0.15) is 0 Å². The maximum Gasteiger partial charge on any atom is 0.287 e. The average Bonchev–Trinajstić information content (AvgIpc) is 2.88. The fourth-order valence-electron chi connectivity index (χ4n) is 1.55. The van der Waals surface area contributed by atoms with Crippen LogP contribution in [0.3, 0.4) is 0 Å². The molecule has 2 aromatic rings. The maximum atomic E-state index is 10.5. The van der Waals surface area contributed by atoms with Gasteiger partial charge in [-0.3, -0.25) is 10.1 Å². The van der Waals surface area contributed by atoms with E-state index >= 15 is 0 Å². The molecule has 0 amide bonds. The van der Waals surface area contributed by atoms with E-state index in [0.717, 1.165) is 11.4 Å². The van der Waals surface area contributed by atoms with Gasteiger partial charge in [0, 0.05) is 17.1 Å². The van der Waals surface area contributed by atoms with Crippen LogP contribution >= 0.6 is 11.3 Å². The number of hydrogen-bond acceptors (Lipinski definition) is 6. The summed E-state index contributed by atoms with van der Waals surface area (Å²) in [5, 5.41) is 14.7. The molecular formula is C12H14N4O2S. The molecule has 0 bridgehead atoms. The van der Waals surface area contributed by atoms with Crippen molar-refractivity contribution < 1.29 is 4.92 Å². The summed E-state index contributed by atoms with van der Waals surface area (Å²) >= 11 is 1.66. The first-order valence-electron chi connectivity index (χ1n) is 5.91. The summed E-state index contributed by atoms with van der Waals surface area (Å²) in [7, 11) is 0. The van der Waals surface area contributed by atoms with Gasteiger partial charge in [0.25, 0.3) is 5.69 Å². The molecule has 0 unspecified atom stereocenters. The second-order valence-corrected chi connectivity index (χ2v) is 5.19. The Bertz CT molecular complexity index is 567. The number of anilines is 1. The van der Waals surface area contributed by atoms with Crippen LogP contribution in [0.4, 0.5) is 11.5 Å². The van der Waals surface area contributed by atoms with Crippen LogP contribution in [0, 0.1) is 10.1 Å². The lowest BCUT2D eigenvalue weighted by Gasteiger charge is -2.11. The molecule has 0 saturated heterocycles. The number of rotatable bonds is 5. The summed E-state index contributed by atoms with van der Waals surface area (Å²) in [5.41, 5.74) is -0.0132. The lowest BCUT2D eigenvalue weighted by molar-refractivity contribution is -0.385. The Kier molecular flexibility index (Phi) is 4.06. The number of aromatic nitrogens is 2. The van der Waals surface area contributed by atoms with Crippen molar-refractivity contribution in [1.82, 2.24) is 9.97 Å². The molecule has 0 fully saturated rings. The van der Waals surface area contributed by atoms with E-state index in [4.69, 9.17) is 0 Å². The second kappa shape index (κ2) is 5.75. The van der Waals surface area contributed by atoms with E-state index in [1.54, 1.807) is 17.4 Å². The van der Waals surface area contributed by atoms with Crippen LogP contribution < -0.4 is 5.32 Å². The highest BCUT2D eigenvalue weighted by atomic mass is 32.1. The smallest absolute Gasteiger partial charge is 0.287 e. The number of nitrogens with zero attached hydrogens (tertiary/aromatic N) is 3. The van der Waals surface area contributed by atoms with E-state index < -0.39 is 4.92 Å². The van der Waals surface area contributed by atoms with Gasteiger partial charge in [0.1, 0.15) is 17.0 Å². The number of nitrogens with one attached hydrogen (secondary N) is 1. The molecule has 0 spiro atoms. The quantitative estimate of drug-likeness (QED) is 0.671. The van der Waals surface area contributed by atoms with Crippen LogP contribution in [0.15, 0.2) is 24.5 Å². The maximum absolute atomic E-state index is 10.5. The minimum absolute atomic E-state index is 0.0132. The van der Waals surface area contributed by atoms with Crippen LogP contribution in [-0.2, 0) is 6.42 Å². The van der Waals surface area contributed by atoms with Gasteiger partial charge in [-0.05, 0) is 19.4 Å². The number of aryl methyl sites for hydroxylation is 1. The van der Waals surface area contributed by atoms with Gasteiger partial charge in [-0.25, -0.2) is 9.97 Å². The predicted molar refractivity (Wildman–Crippen MR) is 74.4 cm³/mol. The Hall–Kier alpha value is -2.02. The Morgan fingerprint density at radius 3 is 2.74 bits per heavy atom. The first-order valence-corrected chi connectivity index (χ1v) is 6.73. The molecule has 0 aliphatic carbocycles. The molecule has 19 heavy (non-hydrogen) atoms. The lowest BCUT2D eigenvalue weighted by atomic mass is 10.3. The molecular weight excluding hydrogens is 264 g/mol. The van der Waals surface area contributed by atoms with Crippen LogP contribution in [0.2, 0.25) is 0 Å². The standard InChI is InChI=1S/C12H14N4O2S/c1-3-10-7-14-12(19-10)8(2)15-11-5-4-9(6-13-11)16(17)18/h4-8H,3H2,1-2H3,(H,13,15)/t8-/m1/s1. The molecule has 0 aromatic carbocycles. The fourth-order valence-corrected chi connectivity index (χ4v) is 2.41. The first-order chi connectivity index (χ1) is 9.10. The lowest BCUT2D eigenvalue weighted by Crippen LogP contribution is -2.07. The summed E-state index contributed by atoms with van der Waals surface area (Å²) < 4.78 is 0. The van der Waals surface area contributed by atoms with Crippen LogP contribution in [-0.4, -0.2) is 14.9 Å². The minimum atomic E-state index is -0.464. The van der Waals surface area contributed by atoms with Crippen LogP contribution in [0.1, 0.15) is 29.8 Å². The molecule has 2 heterocycles. The van der Waals surface area contributed by atoms with Gasteiger partial charge in [-0.1, -0.05) is 6.92 Å². The normalized spacial score (nSPS) is 12.1. The van der Waals surface area contributed by atoms with Gasteiger partial charge >= 0.3 is 0 Å². The Labute approximate surface area is 114 Å². The molecule has 6 nitrogen and oxygen atoms in total. The largest absolute Gasteiger partial charge is 0.361 e. The Morgan fingerprint density at radius 1 is 1.42 bits per heavy atom. The van der Waals surface area contributed by atoms with Crippen LogP contribution in [0.5, 0.6) is 0 Å². The Balaban J connectivity index is 2.05. The van der Waals surface area contributed by atoms with Gasteiger partial charge in [-0.15, -0.1) is 11.3 Å². The zero-order valence-electron chi connectivity index (χ0n) is 10.7. The first kappa shape index (κ1) is 13.4. The van der Waals surface area contributed by atoms with Crippen molar-refractivity contribution >= 4 is 22.8 Å². The van der Waals surface area contributed by atoms with E-state index in [1.807, 2.05) is 13.1 Å². The predicted octanol–water partition coefficient (Wildman–Crippen LogP) is 3.18. The van der Waals surface area contributed by atoms with Gasteiger partial charge < -0.3 is 5.32 Å². The Morgan fingerprint density at radius 2 is 2.21 bits per heavy atom. The van der Waals surface area contributed by atoms with Crippen molar-refractivity contribution in [3.05, 3.63) is 44.5 Å². The molecule has 1 atom stereocenters. The van der Waals surface area contributed by atoms with E-state index in [9.17, 15) is 10.1 Å². The number of thiazole rings is 1. The number of nitro groups is 1. The molecule has 0 radical (unpaired) electrons. The zero-order valence-corrected chi connectivity index (χ0v) is 11.5. The van der Waals surface area contributed by atoms with Crippen molar-refractivity contribution in [2.45, 2.75) is 26.3 Å². The van der Waals surface area contributed by atoms with E-state index in [-0.39, 0.29) is 11.7 Å².